The van der Waals surface area contributed by atoms with Crippen LogP contribution < -0.4 is 4.74 Å². The van der Waals surface area contributed by atoms with Gasteiger partial charge in [0, 0.05) is 44.2 Å². The van der Waals surface area contributed by atoms with Crippen LogP contribution in [0, 0.1) is 0 Å². The average molecular weight is 420 g/mol. The highest BCUT2D eigenvalue weighted by Crippen LogP contribution is 2.40. The molecule has 0 spiro atoms. The molecule has 0 saturated carbocycles. The largest absolute Gasteiger partial charge is 0.493 e. The predicted octanol–water partition coefficient (Wildman–Crippen LogP) is 4.48. The fourth-order valence-electron chi connectivity index (χ4n) is 3.95. The number of carbonyl (C=O) groups is 1. The van der Waals surface area contributed by atoms with Gasteiger partial charge in [0.15, 0.2) is 0 Å². The molecule has 1 atom stereocenters. The van der Waals surface area contributed by atoms with E-state index >= 15 is 0 Å². The van der Waals surface area contributed by atoms with Crippen LogP contribution in [0.1, 0.15) is 29.2 Å². The fourth-order valence-corrected chi connectivity index (χ4v) is 3.95. The molecule has 5 nitrogen and oxygen atoms in total. The van der Waals surface area contributed by atoms with Crippen LogP contribution in [0.3, 0.4) is 0 Å². The van der Waals surface area contributed by atoms with Crippen molar-refractivity contribution < 1.29 is 27.4 Å². The molecule has 1 amide bonds. The highest BCUT2D eigenvalue weighted by molar-refractivity contribution is 5.67. The number of benzene rings is 2. The first-order valence-corrected chi connectivity index (χ1v) is 9.95. The molecule has 0 aliphatic carbocycles. The van der Waals surface area contributed by atoms with Gasteiger partial charge < -0.3 is 14.4 Å². The van der Waals surface area contributed by atoms with E-state index in [0.717, 1.165) is 23.3 Å². The molecule has 1 unspecified atom stereocenters. The summed E-state index contributed by atoms with van der Waals surface area (Å²) in [5.41, 5.74) is 1.00. The van der Waals surface area contributed by atoms with E-state index < -0.39 is 11.7 Å². The van der Waals surface area contributed by atoms with Crippen LogP contribution in [0.15, 0.2) is 48.5 Å². The first-order valence-electron chi connectivity index (χ1n) is 9.95. The van der Waals surface area contributed by atoms with Crippen LogP contribution >= 0.6 is 0 Å². The highest BCUT2D eigenvalue weighted by Gasteiger charge is 2.35. The third-order valence-electron chi connectivity index (χ3n) is 5.57. The zero-order chi connectivity index (χ0) is 21.1. The Balaban J connectivity index is 1.35. The SMILES string of the molecule is O=C(OCc1ccccc1)N1CCN(C2CCOc3cc(C(F)(F)F)ccc32)CC1. The molecule has 8 heteroatoms. The maximum absolute atomic E-state index is 13.0. The quantitative estimate of drug-likeness (QED) is 0.734. The molecule has 4 rings (SSSR count). The molecule has 160 valence electrons. The van der Waals surface area contributed by atoms with Gasteiger partial charge in [-0.25, -0.2) is 4.79 Å². The minimum Gasteiger partial charge on any atom is -0.493 e. The lowest BCUT2D eigenvalue weighted by atomic mass is 9.96. The summed E-state index contributed by atoms with van der Waals surface area (Å²) in [6.45, 7) is 2.89. The van der Waals surface area contributed by atoms with Crippen molar-refractivity contribution in [2.75, 3.05) is 32.8 Å². The van der Waals surface area contributed by atoms with Gasteiger partial charge in [-0.05, 0) is 17.7 Å². The third-order valence-corrected chi connectivity index (χ3v) is 5.57. The summed E-state index contributed by atoms with van der Waals surface area (Å²) in [6, 6.07) is 13.2. The number of fused-ring (bicyclic) bond motifs is 1. The molecule has 2 aromatic carbocycles. The van der Waals surface area contributed by atoms with Crippen LogP contribution in [0.25, 0.3) is 0 Å². The molecule has 1 saturated heterocycles. The van der Waals surface area contributed by atoms with Gasteiger partial charge in [0.2, 0.25) is 0 Å². The number of alkyl halides is 3. The van der Waals surface area contributed by atoms with Crippen molar-refractivity contribution in [3.05, 3.63) is 65.2 Å². The van der Waals surface area contributed by atoms with Crippen LogP contribution in [0.5, 0.6) is 5.75 Å². The summed E-state index contributed by atoms with van der Waals surface area (Å²) in [5.74, 6) is 0.297. The number of piperazine rings is 1. The minimum atomic E-state index is -4.39. The van der Waals surface area contributed by atoms with Crippen molar-refractivity contribution in [2.45, 2.75) is 25.2 Å². The Hall–Kier alpha value is -2.74. The first kappa shape index (κ1) is 20.5. The van der Waals surface area contributed by atoms with E-state index in [1.54, 1.807) is 4.90 Å². The van der Waals surface area contributed by atoms with E-state index in [1.165, 1.54) is 6.07 Å². The van der Waals surface area contributed by atoms with E-state index in [1.807, 2.05) is 30.3 Å². The van der Waals surface area contributed by atoms with Crippen molar-refractivity contribution in [1.82, 2.24) is 9.80 Å². The Kier molecular flexibility index (Phi) is 5.85. The van der Waals surface area contributed by atoms with Crippen molar-refractivity contribution >= 4 is 6.09 Å². The van der Waals surface area contributed by atoms with Gasteiger partial charge in [-0.3, -0.25) is 4.90 Å². The third kappa shape index (κ3) is 4.53. The molecule has 2 heterocycles. The monoisotopic (exact) mass is 420 g/mol. The molecule has 0 bridgehead atoms. The molecule has 0 radical (unpaired) electrons. The van der Waals surface area contributed by atoms with Gasteiger partial charge in [-0.2, -0.15) is 13.2 Å². The number of carbonyl (C=O) groups excluding carboxylic acids is 1. The predicted molar refractivity (Wildman–Crippen MR) is 104 cm³/mol. The number of ether oxygens (including phenoxy) is 2. The topological polar surface area (TPSA) is 42.0 Å². The Morgan fingerprint density at radius 3 is 2.50 bits per heavy atom. The van der Waals surface area contributed by atoms with Crippen LogP contribution in [-0.4, -0.2) is 48.7 Å². The van der Waals surface area contributed by atoms with Gasteiger partial charge >= 0.3 is 12.3 Å². The summed E-state index contributed by atoms with van der Waals surface area (Å²) in [5, 5.41) is 0. The lowest BCUT2D eigenvalue weighted by Crippen LogP contribution is -2.50. The van der Waals surface area contributed by atoms with Gasteiger partial charge in [-0.1, -0.05) is 36.4 Å². The fraction of sp³-hybridized carbons (Fsp3) is 0.409. The lowest BCUT2D eigenvalue weighted by molar-refractivity contribution is -0.137. The molecule has 2 aliphatic rings. The zero-order valence-electron chi connectivity index (χ0n) is 16.4. The Bertz CT molecular complexity index is 881. The van der Waals surface area contributed by atoms with Crippen molar-refractivity contribution in [3.63, 3.8) is 0 Å². The number of rotatable bonds is 3. The van der Waals surface area contributed by atoms with Crippen LogP contribution in [0.2, 0.25) is 0 Å². The number of hydrogen-bond donors (Lipinski definition) is 0. The minimum absolute atomic E-state index is 0.0153. The van der Waals surface area contributed by atoms with Crippen LogP contribution in [0.4, 0.5) is 18.0 Å². The molecule has 1 fully saturated rings. The van der Waals surface area contributed by atoms with Gasteiger partial charge in [0.25, 0.3) is 0 Å². The lowest BCUT2D eigenvalue weighted by Gasteiger charge is -2.41. The van der Waals surface area contributed by atoms with Gasteiger partial charge in [-0.15, -0.1) is 0 Å². The highest BCUT2D eigenvalue weighted by atomic mass is 19.4. The second-order valence-electron chi connectivity index (χ2n) is 7.47. The van der Waals surface area contributed by atoms with E-state index in [2.05, 4.69) is 4.90 Å². The summed E-state index contributed by atoms with van der Waals surface area (Å²) >= 11 is 0. The molecule has 2 aliphatic heterocycles. The molecule has 0 aromatic heterocycles. The van der Waals surface area contributed by atoms with Crippen molar-refractivity contribution in [1.29, 1.82) is 0 Å². The van der Waals surface area contributed by atoms with Crippen LogP contribution in [-0.2, 0) is 17.5 Å². The number of halogens is 3. The van der Waals surface area contributed by atoms with E-state index in [4.69, 9.17) is 9.47 Å². The van der Waals surface area contributed by atoms with E-state index in [0.29, 0.717) is 45.0 Å². The Morgan fingerprint density at radius 1 is 1.07 bits per heavy atom. The summed E-state index contributed by atoms with van der Waals surface area (Å²) in [6.07, 6.45) is -4.03. The molecular weight excluding hydrogens is 397 g/mol. The summed E-state index contributed by atoms with van der Waals surface area (Å²) < 4.78 is 49.8. The number of nitrogens with zero attached hydrogens (tertiary/aromatic N) is 2. The molecular formula is C22H23F3N2O3. The maximum atomic E-state index is 13.0. The number of hydrogen-bond acceptors (Lipinski definition) is 4. The van der Waals surface area contributed by atoms with E-state index in [9.17, 15) is 18.0 Å². The van der Waals surface area contributed by atoms with Crippen molar-refractivity contribution in [2.24, 2.45) is 0 Å². The molecule has 0 N–H and O–H groups in total. The average Bonchev–Trinajstić information content (AvgIpc) is 2.77. The maximum Gasteiger partial charge on any atom is 0.416 e. The smallest absolute Gasteiger partial charge is 0.416 e. The first-order chi connectivity index (χ1) is 14.4. The van der Waals surface area contributed by atoms with E-state index in [-0.39, 0.29) is 18.7 Å². The summed E-state index contributed by atoms with van der Waals surface area (Å²) in [7, 11) is 0. The number of amides is 1. The standard InChI is InChI=1S/C22H23F3N2O3/c23-22(24,25)17-6-7-18-19(8-13-29-20(18)14-17)26-9-11-27(12-10-26)21(28)30-15-16-4-2-1-3-5-16/h1-7,14,19H,8-13,15H2. The Morgan fingerprint density at radius 2 is 1.80 bits per heavy atom. The second kappa shape index (κ2) is 8.55. The normalized spacial score (nSPS) is 19.7. The van der Waals surface area contributed by atoms with Gasteiger partial charge in [0.1, 0.15) is 12.4 Å². The Labute approximate surface area is 173 Å². The van der Waals surface area contributed by atoms with Crippen molar-refractivity contribution in [3.8, 4) is 5.75 Å². The second-order valence-corrected chi connectivity index (χ2v) is 7.47. The molecule has 2 aromatic rings. The molecule has 30 heavy (non-hydrogen) atoms. The zero-order valence-corrected chi connectivity index (χ0v) is 16.4. The summed E-state index contributed by atoms with van der Waals surface area (Å²) in [4.78, 5) is 16.2. The van der Waals surface area contributed by atoms with Gasteiger partial charge in [0.05, 0.1) is 12.2 Å².